The SMILES string of the molecule is CC(CC(F)(F)F)NS(=O)(=O)c1ccc(F)c(CN)c1. The van der Waals surface area contributed by atoms with Gasteiger partial charge in [-0.15, -0.1) is 0 Å². The summed E-state index contributed by atoms with van der Waals surface area (Å²) in [6.45, 7) is 0.881. The Morgan fingerprint density at radius 1 is 1.35 bits per heavy atom. The van der Waals surface area contributed by atoms with Crippen LogP contribution in [0.5, 0.6) is 0 Å². The summed E-state index contributed by atoms with van der Waals surface area (Å²) in [6, 6.07) is 1.55. The maximum Gasteiger partial charge on any atom is 0.390 e. The van der Waals surface area contributed by atoms with Gasteiger partial charge < -0.3 is 5.73 Å². The summed E-state index contributed by atoms with van der Waals surface area (Å²) < 4.78 is 75.3. The smallest absolute Gasteiger partial charge is 0.326 e. The molecule has 0 fully saturated rings. The zero-order valence-electron chi connectivity index (χ0n) is 10.5. The minimum Gasteiger partial charge on any atom is -0.326 e. The molecule has 0 aliphatic heterocycles. The third kappa shape index (κ3) is 4.73. The van der Waals surface area contributed by atoms with Crippen LogP contribution >= 0.6 is 0 Å². The van der Waals surface area contributed by atoms with Gasteiger partial charge in [0.1, 0.15) is 5.82 Å². The molecule has 9 heteroatoms. The maximum atomic E-state index is 13.2. The lowest BCUT2D eigenvalue weighted by Crippen LogP contribution is -2.36. The summed E-state index contributed by atoms with van der Waals surface area (Å²) in [6.07, 6.45) is -5.77. The van der Waals surface area contributed by atoms with Gasteiger partial charge in [0.15, 0.2) is 0 Å². The third-order valence-electron chi connectivity index (χ3n) is 2.44. The number of hydrogen-bond donors (Lipinski definition) is 2. The van der Waals surface area contributed by atoms with Crippen molar-refractivity contribution in [3.8, 4) is 0 Å². The molecule has 1 rings (SSSR count). The number of nitrogens with one attached hydrogen (secondary N) is 1. The van der Waals surface area contributed by atoms with E-state index >= 15 is 0 Å². The van der Waals surface area contributed by atoms with Crippen LogP contribution in [0.3, 0.4) is 0 Å². The molecule has 3 N–H and O–H groups in total. The third-order valence-corrected chi connectivity index (χ3v) is 4.03. The van der Waals surface area contributed by atoms with Gasteiger partial charge in [-0.3, -0.25) is 0 Å². The lowest BCUT2D eigenvalue weighted by molar-refractivity contribution is -0.137. The van der Waals surface area contributed by atoms with Crippen molar-refractivity contribution in [3.05, 3.63) is 29.6 Å². The molecule has 1 aromatic carbocycles. The second-order valence-corrected chi connectivity index (χ2v) is 6.01. The quantitative estimate of drug-likeness (QED) is 0.815. The van der Waals surface area contributed by atoms with E-state index in [-0.39, 0.29) is 17.0 Å². The highest BCUT2D eigenvalue weighted by molar-refractivity contribution is 7.89. The second kappa shape index (κ2) is 6.06. The second-order valence-electron chi connectivity index (χ2n) is 4.30. The number of hydrogen-bond acceptors (Lipinski definition) is 3. The topological polar surface area (TPSA) is 72.2 Å². The lowest BCUT2D eigenvalue weighted by atomic mass is 10.2. The van der Waals surface area contributed by atoms with Crippen LogP contribution in [0.4, 0.5) is 17.6 Å². The maximum absolute atomic E-state index is 13.2. The molecule has 1 aromatic rings. The average molecular weight is 314 g/mol. The normalized spacial score (nSPS) is 14.3. The first-order valence-electron chi connectivity index (χ1n) is 5.63. The largest absolute Gasteiger partial charge is 0.390 e. The summed E-state index contributed by atoms with van der Waals surface area (Å²) in [5.41, 5.74) is 5.21. The van der Waals surface area contributed by atoms with Crippen molar-refractivity contribution < 1.29 is 26.0 Å². The summed E-state index contributed by atoms with van der Waals surface area (Å²) >= 11 is 0. The number of nitrogens with two attached hydrogens (primary N) is 1. The highest BCUT2D eigenvalue weighted by Gasteiger charge is 2.32. The van der Waals surface area contributed by atoms with Gasteiger partial charge in [0, 0.05) is 18.2 Å². The van der Waals surface area contributed by atoms with E-state index in [1.54, 1.807) is 0 Å². The van der Waals surface area contributed by atoms with Gasteiger partial charge in [-0.2, -0.15) is 13.2 Å². The Morgan fingerprint density at radius 2 is 1.95 bits per heavy atom. The van der Waals surface area contributed by atoms with Crippen LogP contribution in [-0.4, -0.2) is 20.6 Å². The summed E-state index contributed by atoms with van der Waals surface area (Å²) in [7, 11) is -4.15. The Labute approximate surface area is 114 Å². The molecular weight excluding hydrogens is 300 g/mol. The summed E-state index contributed by atoms with van der Waals surface area (Å²) in [5, 5.41) is 0. The number of halogens is 4. The number of rotatable bonds is 5. The molecule has 0 radical (unpaired) electrons. The highest BCUT2D eigenvalue weighted by atomic mass is 32.2. The molecule has 0 saturated heterocycles. The van der Waals surface area contributed by atoms with Crippen LogP contribution < -0.4 is 10.5 Å². The van der Waals surface area contributed by atoms with Gasteiger partial charge in [-0.25, -0.2) is 17.5 Å². The molecule has 1 unspecified atom stereocenters. The molecule has 0 aliphatic carbocycles. The predicted octanol–water partition coefficient (Wildman–Crippen LogP) is 1.90. The molecule has 0 aliphatic rings. The molecule has 114 valence electrons. The van der Waals surface area contributed by atoms with Gasteiger partial charge in [0.2, 0.25) is 10.0 Å². The Kier molecular flexibility index (Phi) is 5.11. The standard InChI is InChI=1S/C11H14F4N2O2S/c1-7(5-11(13,14)15)17-20(18,19)9-2-3-10(12)8(4-9)6-16/h2-4,7,17H,5-6,16H2,1H3. The molecular formula is C11H14F4N2O2S. The van der Waals surface area contributed by atoms with Crippen LogP contribution in [0.25, 0.3) is 0 Å². The van der Waals surface area contributed by atoms with Crippen molar-refractivity contribution >= 4 is 10.0 Å². The van der Waals surface area contributed by atoms with Gasteiger partial charge in [0.05, 0.1) is 11.3 Å². The fraction of sp³-hybridized carbons (Fsp3) is 0.455. The summed E-state index contributed by atoms with van der Waals surface area (Å²) in [5.74, 6) is -0.671. The van der Waals surface area contributed by atoms with Crippen molar-refractivity contribution in [2.75, 3.05) is 0 Å². The van der Waals surface area contributed by atoms with E-state index in [2.05, 4.69) is 0 Å². The van der Waals surface area contributed by atoms with Gasteiger partial charge in [-0.05, 0) is 25.1 Å². The fourth-order valence-corrected chi connectivity index (χ4v) is 2.89. The molecule has 0 bridgehead atoms. The first-order chi connectivity index (χ1) is 9.05. The van der Waals surface area contributed by atoms with Crippen molar-refractivity contribution in [3.63, 3.8) is 0 Å². The predicted molar refractivity (Wildman–Crippen MR) is 64.7 cm³/mol. The number of benzene rings is 1. The first-order valence-corrected chi connectivity index (χ1v) is 7.11. The molecule has 0 amide bonds. The molecule has 0 aromatic heterocycles. The van der Waals surface area contributed by atoms with Crippen molar-refractivity contribution in [1.29, 1.82) is 0 Å². The molecule has 4 nitrogen and oxygen atoms in total. The Morgan fingerprint density at radius 3 is 2.45 bits per heavy atom. The first kappa shape index (κ1) is 16.9. The minimum absolute atomic E-state index is 0.0312. The van der Waals surface area contributed by atoms with E-state index in [0.717, 1.165) is 25.1 Å². The average Bonchev–Trinajstić information content (AvgIpc) is 2.25. The van der Waals surface area contributed by atoms with Crippen LogP contribution in [0.1, 0.15) is 18.9 Å². The summed E-state index contributed by atoms with van der Waals surface area (Å²) in [4.78, 5) is -0.326. The van der Waals surface area contributed by atoms with Crippen molar-refractivity contribution in [2.24, 2.45) is 5.73 Å². The molecule has 0 heterocycles. The molecule has 0 spiro atoms. The Hall–Kier alpha value is -1.19. The molecule has 20 heavy (non-hydrogen) atoms. The van der Waals surface area contributed by atoms with E-state index in [0.29, 0.717) is 0 Å². The van der Waals surface area contributed by atoms with E-state index < -0.39 is 34.5 Å². The van der Waals surface area contributed by atoms with Gasteiger partial charge in [0.25, 0.3) is 0 Å². The van der Waals surface area contributed by atoms with E-state index in [1.807, 2.05) is 4.72 Å². The highest BCUT2D eigenvalue weighted by Crippen LogP contribution is 2.22. The van der Waals surface area contributed by atoms with Gasteiger partial charge >= 0.3 is 6.18 Å². The fourth-order valence-electron chi connectivity index (χ4n) is 1.60. The Bertz CT molecular complexity index is 572. The molecule has 0 saturated carbocycles. The zero-order chi connectivity index (χ0) is 15.6. The van der Waals surface area contributed by atoms with Crippen LogP contribution in [0, 0.1) is 5.82 Å². The van der Waals surface area contributed by atoms with Crippen molar-refractivity contribution in [2.45, 2.75) is 37.0 Å². The van der Waals surface area contributed by atoms with Crippen LogP contribution in [-0.2, 0) is 16.6 Å². The monoisotopic (exact) mass is 314 g/mol. The zero-order valence-corrected chi connectivity index (χ0v) is 11.4. The van der Waals surface area contributed by atoms with Gasteiger partial charge in [-0.1, -0.05) is 0 Å². The van der Waals surface area contributed by atoms with Crippen LogP contribution in [0.15, 0.2) is 23.1 Å². The number of alkyl halides is 3. The Balaban J connectivity index is 2.94. The van der Waals surface area contributed by atoms with Crippen molar-refractivity contribution in [1.82, 2.24) is 4.72 Å². The number of sulfonamides is 1. The van der Waals surface area contributed by atoms with E-state index in [9.17, 15) is 26.0 Å². The van der Waals surface area contributed by atoms with E-state index in [1.165, 1.54) is 0 Å². The lowest BCUT2D eigenvalue weighted by Gasteiger charge is -2.16. The van der Waals surface area contributed by atoms with E-state index in [4.69, 9.17) is 5.73 Å². The minimum atomic E-state index is -4.48. The van der Waals surface area contributed by atoms with Crippen LogP contribution in [0.2, 0.25) is 0 Å². The molecule has 1 atom stereocenters.